The number of aromatic hydroxyl groups is 1. The monoisotopic (exact) mass is 334 g/mol. The molecule has 118 valence electrons. The van der Waals surface area contributed by atoms with Gasteiger partial charge in [-0.15, -0.1) is 0 Å². The van der Waals surface area contributed by atoms with Crippen molar-refractivity contribution in [2.24, 2.45) is 0 Å². The number of hydrogen-bond acceptors (Lipinski definition) is 6. The Labute approximate surface area is 135 Å². The van der Waals surface area contributed by atoms with Crippen LogP contribution in [-0.4, -0.2) is 31.9 Å². The standard InChI is InChI=1S/C14H11ClN4O4/c1-7-8-6-16-14(15)5-9(8)18(17-7)11-3-12(20)10(19(21)22)4-13(11)23-2/h3-6,20H,1-2H3. The third kappa shape index (κ3) is 2.42. The van der Waals surface area contributed by atoms with Crippen LogP contribution in [0.4, 0.5) is 5.69 Å². The number of methoxy groups -OCH3 is 1. The number of ether oxygens (including phenoxy) is 1. The van der Waals surface area contributed by atoms with Crippen molar-refractivity contribution in [3.8, 4) is 17.2 Å². The molecule has 0 atom stereocenters. The van der Waals surface area contributed by atoms with Crippen molar-refractivity contribution >= 4 is 28.2 Å². The van der Waals surface area contributed by atoms with Crippen molar-refractivity contribution in [3.63, 3.8) is 0 Å². The predicted molar refractivity (Wildman–Crippen MR) is 83.5 cm³/mol. The number of fused-ring (bicyclic) bond motifs is 1. The number of rotatable bonds is 3. The largest absolute Gasteiger partial charge is 0.502 e. The Balaban J connectivity index is 2.32. The van der Waals surface area contributed by atoms with Gasteiger partial charge < -0.3 is 9.84 Å². The van der Waals surface area contributed by atoms with E-state index >= 15 is 0 Å². The second-order valence-corrected chi connectivity index (χ2v) is 5.18. The van der Waals surface area contributed by atoms with E-state index in [1.165, 1.54) is 17.9 Å². The van der Waals surface area contributed by atoms with Gasteiger partial charge in [0.1, 0.15) is 10.8 Å². The topological polar surface area (TPSA) is 103 Å². The number of halogens is 1. The number of pyridine rings is 1. The summed E-state index contributed by atoms with van der Waals surface area (Å²) in [5, 5.41) is 26.3. The van der Waals surface area contributed by atoms with E-state index in [0.29, 0.717) is 16.9 Å². The number of phenolic OH excluding ortho intramolecular Hbond substituents is 1. The van der Waals surface area contributed by atoms with Crippen molar-refractivity contribution in [3.05, 3.63) is 45.4 Å². The van der Waals surface area contributed by atoms with Gasteiger partial charge >= 0.3 is 5.69 Å². The van der Waals surface area contributed by atoms with Gasteiger partial charge in [0.15, 0.2) is 11.5 Å². The predicted octanol–water partition coefficient (Wildman–Crippen LogP) is 3.00. The van der Waals surface area contributed by atoms with Gasteiger partial charge in [-0.25, -0.2) is 9.67 Å². The van der Waals surface area contributed by atoms with Crippen molar-refractivity contribution in [2.45, 2.75) is 6.92 Å². The number of aryl methyl sites for hydroxylation is 1. The van der Waals surface area contributed by atoms with Gasteiger partial charge in [0.2, 0.25) is 0 Å². The zero-order valence-corrected chi connectivity index (χ0v) is 12.9. The number of phenols is 1. The van der Waals surface area contributed by atoms with Gasteiger partial charge in [-0.3, -0.25) is 10.1 Å². The zero-order valence-electron chi connectivity index (χ0n) is 12.1. The molecule has 3 aromatic rings. The van der Waals surface area contributed by atoms with Crippen LogP contribution in [0.25, 0.3) is 16.6 Å². The normalized spacial score (nSPS) is 10.9. The van der Waals surface area contributed by atoms with Crippen LogP contribution in [-0.2, 0) is 0 Å². The average molecular weight is 335 g/mol. The molecule has 1 aromatic carbocycles. The first-order chi connectivity index (χ1) is 10.9. The summed E-state index contributed by atoms with van der Waals surface area (Å²) in [4.78, 5) is 14.3. The van der Waals surface area contributed by atoms with E-state index in [4.69, 9.17) is 16.3 Å². The molecule has 9 heteroatoms. The average Bonchev–Trinajstić information content (AvgIpc) is 2.82. The fraction of sp³-hybridized carbons (Fsp3) is 0.143. The van der Waals surface area contributed by atoms with Gasteiger partial charge in [-0.05, 0) is 6.92 Å². The second-order valence-electron chi connectivity index (χ2n) is 4.79. The summed E-state index contributed by atoms with van der Waals surface area (Å²) in [7, 11) is 1.38. The molecule has 0 spiro atoms. The molecule has 0 saturated heterocycles. The zero-order chi connectivity index (χ0) is 16.7. The number of nitro groups is 1. The molecule has 0 aliphatic heterocycles. The maximum Gasteiger partial charge on any atom is 0.314 e. The minimum atomic E-state index is -0.686. The fourth-order valence-electron chi connectivity index (χ4n) is 2.34. The molecular formula is C14H11ClN4O4. The molecule has 2 aromatic heterocycles. The lowest BCUT2D eigenvalue weighted by Gasteiger charge is -2.10. The van der Waals surface area contributed by atoms with Crippen LogP contribution in [0.5, 0.6) is 11.5 Å². The maximum atomic E-state index is 10.9. The molecule has 8 nitrogen and oxygen atoms in total. The van der Waals surface area contributed by atoms with Crippen molar-refractivity contribution in [2.75, 3.05) is 7.11 Å². The van der Waals surface area contributed by atoms with Crippen molar-refractivity contribution < 1.29 is 14.8 Å². The molecule has 0 bridgehead atoms. The van der Waals surface area contributed by atoms with Crippen molar-refractivity contribution in [1.29, 1.82) is 0 Å². The van der Waals surface area contributed by atoms with Gasteiger partial charge in [-0.2, -0.15) is 5.10 Å². The molecule has 23 heavy (non-hydrogen) atoms. The Bertz CT molecular complexity index is 938. The van der Waals surface area contributed by atoms with Crippen LogP contribution in [0, 0.1) is 17.0 Å². The third-order valence-electron chi connectivity index (χ3n) is 3.42. The highest BCUT2D eigenvalue weighted by Crippen LogP contribution is 2.37. The molecule has 0 fully saturated rings. The lowest BCUT2D eigenvalue weighted by molar-refractivity contribution is -0.385. The molecule has 0 radical (unpaired) electrons. The maximum absolute atomic E-state index is 10.9. The summed E-state index contributed by atoms with van der Waals surface area (Å²) in [5.41, 5.74) is 1.26. The van der Waals surface area contributed by atoms with Gasteiger partial charge in [0, 0.05) is 23.7 Å². The number of hydrogen-bond donors (Lipinski definition) is 1. The van der Waals surface area contributed by atoms with Crippen LogP contribution >= 0.6 is 11.6 Å². The van der Waals surface area contributed by atoms with E-state index in [1.54, 1.807) is 19.2 Å². The lowest BCUT2D eigenvalue weighted by atomic mass is 10.2. The molecule has 1 N–H and O–H groups in total. The fourth-order valence-corrected chi connectivity index (χ4v) is 2.49. The van der Waals surface area contributed by atoms with Gasteiger partial charge in [-0.1, -0.05) is 11.6 Å². The van der Waals surface area contributed by atoms with Gasteiger partial charge in [0.25, 0.3) is 0 Å². The minimum absolute atomic E-state index is 0.201. The first-order valence-corrected chi connectivity index (χ1v) is 6.87. The van der Waals surface area contributed by atoms with E-state index in [-0.39, 0.29) is 10.9 Å². The number of aromatic nitrogens is 3. The summed E-state index contributed by atoms with van der Waals surface area (Å²) in [6.07, 6.45) is 1.59. The Morgan fingerprint density at radius 2 is 2.13 bits per heavy atom. The number of benzene rings is 1. The van der Waals surface area contributed by atoms with E-state index in [2.05, 4.69) is 10.1 Å². The Hall–Kier alpha value is -2.87. The Morgan fingerprint density at radius 1 is 1.39 bits per heavy atom. The minimum Gasteiger partial charge on any atom is -0.502 e. The first kappa shape index (κ1) is 15.0. The smallest absolute Gasteiger partial charge is 0.314 e. The number of nitro benzene ring substituents is 1. The van der Waals surface area contributed by atoms with E-state index in [1.807, 2.05) is 0 Å². The Kier molecular flexibility index (Phi) is 3.53. The van der Waals surface area contributed by atoms with Crippen LogP contribution in [0.1, 0.15) is 5.69 Å². The molecule has 0 saturated carbocycles. The summed E-state index contributed by atoms with van der Waals surface area (Å²) in [6.45, 7) is 1.80. The second kappa shape index (κ2) is 5.40. The molecule has 3 rings (SSSR count). The summed E-state index contributed by atoms with van der Waals surface area (Å²) in [6, 6.07) is 4.00. The molecular weight excluding hydrogens is 324 g/mol. The first-order valence-electron chi connectivity index (χ1n) is 6.49. The van der Waals surface area contributed by atoms with Gasteiger partial charge in [0.05, 0.1) is 29.3 Å². The third-order valence-corrected chi connectivity index (χ3v) is 3.62. The van der Waals surface area contributed by atoms with Crippen molar-refractivity contribution in [1.82, 2.24) is 14.8 Å². The van der Waals surface area contributed by atoms with Crippen LogP contribution < -0.4 is 4.74 Å². The molecule has 0 unspecified atom stereocenters. The van der Waals surface area contributed by atoms with Crippen LogP contribution in [0.15, 0.2) is 24.4 Å². The summed E-state index contributed by atoms with van der Waals surface area (Å²) >= 11 is 5.94. The van der Waals surface area contributed by atoms with E-state index < -0.39 is 16.4 Å². The highest BCUT2D eigenvalue weighted by atomic mass is 35.5. The Morgan fingerprint density at radius 3 is 2.78 bits per heavy atom. The lowest BCUT2D eigenvalue weighted by Crippen LogP contribution is -2.01. The van der Waals surface area contributed by atoms with Crippen LogP contribution in [0.2, 0.25) is 5.15 Å². The summed E-state index contributed by atoms with van der Waals surface area (Å²) in [5.74, 6) is -0.279. The highest BCUT2D eigenvalue weighted by Gasteiger charge is 2.21. The SMILES string of the molecule is COc1cc([N+](=O)[O-])c(O)cc1-n1nc(C)c2cnc(Cl)cc21. The molecule has 0 aliphatic carbocycles. The quantitative estimate of drug-likeness (QED) is 0.448. The van der Waals surface area contributed by atoms with E-state index in [9.17, 15) is 15.2 Å². The highest BCUT2D eigenvalue weighted by molar-refractivity contribution is 6.30. The number of nitrogens with zero attached hydrogens (tertiary/aromatic N) is 4. The summed E-state index contributed by atoms with van der Waals surface area (Å²) < 4.78 is 6.71. The van der Waals surface area contributed by atoms with E-state index in [0.717, 1.165) is 11.5 Å². The molecule has 2 heterocycles. The molecule has 0 aliphatic rings. The molecule has 0 amide bonds. The van der Waals surface area contributed by atoms with Crippen LogP contribution in [0.3, 0.4) is 0 Å².